The second kappa shape index (κ2) is 3.76. The van der Waals surface area contributed by atoms with E-state index < -0.39 is 0 Å². The molecule has 15 heavy (non-hydrogen) atoms. The number of anilines is 1. The van der Waals surface area contributed by atoms with Gasteiger partial charge in [-0.3, -0.25) is 9.25 Å². The molecule has 0 radical (unpaired) electrons. The van der Waals surface area contributed by atoms with E-state index in [1.807, 2.05) is 17.8 Å². The molecular formula is C10H15N5. The molecule has 5 nitrogen and oxygen atoms in total. The van der Waals surface area contributed by atoms with Crippen LogP contribution in [0.2, 0.25) is 0 Å². The first kappa shape index (κ1) is 9.76. The van der Waals surface area contributed by atoms with Crippen LogP contribution in [0.4, 0.5) is 5.69 Å². The molecule has 0 aliphatic carbocycles. The number of hydrogen-bond donors (Lipinski definition) is 1. The van der Waals surface area contributed by atoms with Crippen molar-refractivity contribution >= 4 is 5.69 Å². The van der Waals surface area contributed by atoms with Crippen molar-refractivity contribution in [2.75, 3.05) is 5.73 Å². The van der Waals surface area contributed by atoms with Crippen LogP contribution >= 0.6 is 0 Å². The molecule has 0 unspecified atom stereocenters. The van der Waals surface area contributed by atoms with Crippen LogP contribution in [0.1, 0.15) is 19.2 Å². The van der Waals surface area contributed by atoms with Crippen molar-refractivity contribution in [1.29, 1.82) is 0 Å². The van der Waals surface area contributed by atoms with Gasteiger partial charge in [0.1, 0.15) is 5.82 Å². The Morgan fingerprint density at radius 1 is 1.47 bits per heavy atom. The van der Waals surface area contributed by atoms with Gasteiger partial charge < -0.3 is 5.73 Å². The Balaban J connectivity index is 2.44. The number of nitrogens with two attached hydrogens (primary N) is 1. The summed E-state index contributed by atoms with van der Waals surface area (Å²) in [7, 11) is 1.86. The average molecular weight is 205 g/mol. The highest BCUT2D eigenvalue weighted by Crippen LogP contribution is 2.16. The Hall–Kier alpha value is -1.78. The molecule has 2 aromatic rings. The van der Waals surface area contributed by atoms with Crippen LogP contribution in [0.15, 0.2) is 18.6 Å². The van der Waals surface area contributed by atoms with Crippen molar-refractivity contribution in [1.82, 2.24) is 19.3 Å². The van der Waals surface area contributed by atoms with Gasteiger partial charge in [-0.25, -0.2) is 4.98 Å². The molecule has 0 aliphatic rings. The molecule has 0 bridgehead atoms. The van der Waals surface area contributed by atoms with Gasteiger partial charge in [0.15, 0.2) is 5.82 Å². The monoisotopic (exact) mass is 205 g/mol. The Kier molecular flexibility index (Phi) is 2.45. The van der Waals surface area contributed by atoms with Crippen molar-refractivity contribution in [2.45, 2.75) is 19.8 Å². The summed E-state index contributed by atoms with van der Waals surface area (Å²) in [5.74, 6) is 1.77. The molecule has 0 aromatic carbocycles. The molecule has 2 heterocycles. The molecule has 0 amide bonds. The zero-order chi connectivity index (χ0) is 10.8. The predicted molar refractivity (Wildman–Crippen MR) is 58.7 cm³/mol. The summed E-state index contributed by atoms with van der Waals surface area (Å²) in [5, 5.41) is 4.31. The van der Waals surface area contributed by atoms with Gasteiger partial charge in [0, 0.05) is 32.1 Å². The lowest BCUT2D eigenvalue weighted by Gasteiger charge is -2.03. The molecule has 0 spiro atoms. The van der Waals surface area contributed by atoms with Gasteiger partial charge in [-0.05, 0) is 6.42 Å². The Morgan fingerprint density at radius 2 is 2.27 bits per heavy atom. The van der Waals surface area contributed by atoms with E-state index in [2.05, 4.69) is 17.0 Å². The summed E-state index contributed by atoms with van der Waals surface area (Å²) < 4.78 is 3.65. The average Bonchev–Trinajstić information content (AvgIpc) is 2.73. The minimum absolute atomic E-state index is 0.674. The van der Waals surface area contributed by atoms with Crippen LogP contribution in [-0.4, -0.2) is 19.3 Å². The summed E-state index contributed by atoms with van der Waals surface area (Å²) in [4.78, 5) is 4.29. The first-order valence-corrected chi connectivity index (χ1v) is 5.04. The predicted octanol–water partition coefficient (Wildman–Crippen LogP) is 1.14. The number of nitrogens with zero attached hydrogens (tertiary/aromatic N) is 4. The molecule has 5 heteroatoms. The Morgan fingerprint density at radius 3 is 2.87 bits per heavy atom. The van der Waals surface area contributed by atoms with Gasteiger partial charge in [-0.1, -0.05) is 6.92 Å². The number of nitrogen functional groups attached to an aromatic ring is 1. The maximum absolute atomic E-state index is 5.87. The number of imidazole rings is 1. The third-order valence-corrected chi connectivity index (χ3v) is 2.26. The van der Waals surface area contributed by atoms with Gasteiger partial charge in [0.25, 0.3) is 0 Å². The first-order valence-electron chi connectivity index (χ1n) is 5.04. The first-order chi connectivity index (χ1) is 7.22. The molecule has 0 atom stereocenters. The highest BCUT2D eigenvalue weighted by molar-refractivity contribution is 5.52. The van der Waals surface area contributed by atoms with Crippen LogP contribution in [0.5, 0.6) is 0 Å². The van der Waals surface area contributed by atoms with Crippen molar-refractivity contribution in [3.63, 3.8) is 0 Å². The minimum atomic E-state index is 0.674. The molecule has 0 aliphatic heterocycles. The van der Waals surface area contributed by atoms with Gasteiger partial charge in [0.05, 0.1) is 5.69 Å². The Labute approximate surface area is 88.5 Å². The zero-order valence-electron chi connectivity index (χ0n) is 9.01. The van der Waals surface area contributed by atoms with Gasteiger partial charge in [-0.2, -0.15) is 5.10 Å². The molecular weight excluding hydrogens is 190 g/mol. The molecule has 2 N–H and O–H groups in total. The molecule has 2 rings (SSSR count). The van der Waals surface area contributed by atoms with E-state index in [0.29, 0.717) is 5.69 Å². The van der Waals surface area contributed by atoms with Gasteiger partial charge in [0.2, 0.25) is 0 Å². The van der Waals surface area contributed by atoms with E-state index in [1.54, 1.807) is 17.1 Å². The van der Waals surface area contributed by atoms with Crippen LogP contribution < -0.4 is 5.73 Å². The molecule has 2 aromatic heterocycles. The molecule has 0 fully saturated rings. The third kappa shape index (κ3) is 1.72. The van der Waals surface area contributed by atoms with E-state index >= 15 is 0 Å². The van der Waals surface area contributed by atoms with E-state index in [-0.39, 0.29) is 0 Å². The lowest BCUT2D eigenvalue weighted by atomic mass is 10.3. The SMILES string of the molecule is CCCc1nccn1-c1nn(C)cc1N. The van der Waals surface area contributed by atoms with Crippen molar-refractivity contribution < 1.29 is 0 Å². The summed E-state index contributed by atoms with van der Waals surface area (Å²) in [6.45, 7) is 2.13. The van der Waals surface area contributed by atoms with Crippen molar-refractivity contribution in [3.05, 3.63) is 24.4 Å². The van der Waals surface area contributed by atoms with Crippen LogP contribution in [0.25, 0.3) is 5.82 Å². The maximum Gasteiger partial charge on any atom is 0.183 e. The molecule has 0 saturated carbocycles. The van der Waals surface area contributed by atoms with E-state index in [1.165, 1.54) is 0 Å². The lowest BCUT2D eigenvalue weighted by molar-refractivity contribution is 0.733. The maximum atomic E-state index is 5.87. The van der Waals surface area contributed by atoms with Crippen molar-refractivity contribution in [2.24, 2.45) is 7.05 Å². The normalized spacial score (nSPS) is 10.8. The largest absolute Gasteiger partial charge is 0.394 e. The van der Waals surface area contributed by atoms with Gasteiger partial charge >= 0.3 is 0 Å². The second-order valence-electron chi connectivity index (χ2n) is 3.55. The summed E-state index contributed by atoms with van der Waals surface area (Å²) in [6.07, 6.45) is 7.46. The number of aryl methyl sites for hydroxylation is 2. The van der Waals surface area contributed by atoms with E-state index in [9.17, 15) is 0 Å². The number of aromatic nitrogens is 4. The fraction of sp³-hybridized carbons (Fsp3) is 0.400. The summed E-state index contributed by atoms with van der Waals surface area (Å²) in [6, 6.07) is 0. The Bertz CT molecular complexity index is 454. The highest BCUT2D eigenvalue weighted by atomic mass is 15.3. The topological polar surface area (TPSA) is 61.7 Å². The second-order valence-corrected chi connectivity index (χ2v) is 3.55. The fourth-order valence-corrected chi connectivity index (χ4v) is 1.62. The lowest BCUT2D eigenvalue weighted by Crippen LogP contribution is -2.03. The van der Waals surface area contributed by atoms with Crippen LogP contribution in [-0.2, 0) is 13.5 Å². The molecule has 0 saturated heterocycles. The summed E-state index contributed by atoms with van der Waals surface area (Å²) in [5.41, 5.74) is 6.54. The van der Waals surface area contributed by atoms with E-state index in [0.717, 1.165) is 24.5 Å². The number of rotatable bonds is 3. The standard InChI is InChI=1S/C10H15N5/c1-3-4-9-12-5-6-15(9)10-8(11)7-14(2)13-10/h5-7H,3-4,11H2,1-2H3. The minimum Gasteiger partial charge on any atom is -0.394 e. The van der Waals surface area contributed by atoms with Crippen molar-refractivity contribution in [3.8, 4) is 5.82 Å². The van der Waals surface area contributed by atoms with Gasteiger partial charge in [-0.15, -0.1) is 0 Å². The molecule has 80 valence electrons. The van der Waals surface area contributed by atoms with Crippen LogP contribution in [0.3, 0.4) is 0 Å². The quantitative estimate of drug-likeness (QED) is 0.817. The summed E-state index contributed by atoms with van der Waals surface area (Å²) >= 11 is 0. The smallest absolute Gasteiger partial charge is 0.183 e. The highest BCUT2D eigenvalue weighted by Gasteiger charge is 2.10. The zero-order valence-corrected chi connectivity index (χ0v) is 9.01. The third-order valence-electron chi connectivity index (χ3n) is 2.26. The van der Waals surface area contributed by atoms with E-state index in [4.69, 9.17) is 5.73 Å². The number of hydrogen-bond acceptors (Lipinski definition) is 3. The fourth-order valence-electron chi connectivity index (χ4n) is 1.62. The van der Waals surface area contributed by atoms with Crippen LogP contribution in [0, 0.1) is 0 Å².